The Morgan fingerprint density at radius 1 is 0.778 bits per heavy atom. The molecule has 2 aliphatic heterocycles. The van der Waals surface area contributed by atoms with Gasteiger partial charge in [-0.25, -0.2) is 0 Å². The summed E-state index contributed by atoms with van der Waals surface area (Å²) in [6.07, 6.45) is 15.0. The molecular weight excluding hydrogens is 224 g/mol. The lowest BCUT2D eigenvalue weighted by Crippen LogP contribution is -2.41. The van der Waals surface area contributed by atoms with Crippen molar-refractivity contribution in [2.24, 2.45) is 11.8 Å². The number of fused-ring (bicyclic) bond motifs is 1. The molecular formula is C16H26O2. The predicted molar refractivity (Wildman–Crippen MR) is 70.5 cm³/mol. The molecule has 102 valence electrons. The molecule has 3 unspecified atom stereocenters. The maximum Gasteiger partial charge on any atom is 0.0844 e. The third-order valence-electron chi connectivity index (χ3n) is 6.09. The van der Waals surface area contributed by atoms with Gasteiger partial charge in [0, 0.05) is 6.61 Å². The SMILES string of the molecule is C1CCC2(CCC(C3CCC4OC4C3)CC2)OC1. The second-order valence-electron chi connectivity index (χ2n) is 7.11. The van der Waals surface area contributed by atoms with Crippen molar-refractivity contribution in [1.82, 2.24) is 0 Å². The van der Waals surface area contributed by atoms with Gasteiger partial charge >= 0.3 is 0 Å². The number of epoxide rings is 1. The summed E-state index contributed by atoms with van der Waals surface area (Å²) in [5, 5.41) is 0. The van der Waals surface area contributed by atoms with Crippen molar-refractivity contribution in [2.75, 3.05) is 6.61 Å². The highest BCUT2D eigenvalue weighted by Crippen LogP contribution is 2.48. The fraction of sp³-hybridized carbons (Fsp3) is 1.00. The minimum atomic E-state index is 0.308. The zero-order valence-corrected chi connectivity index (χ0v) is 11.4. The first-order chi connectivity index (χ1) is 8.85. The second-order valence-corrected chi connectivity index (χ2v) is 7.11. The molecule has 2 saturated heterocycles. The summed E-state index contributed by atoms with van der Waals surface area (Å²) in [5.41, 5.74) is 0.308. The van der Waals surface area contributed by atoms with Crippen molar-refractivity contribution in [3.63, 3.8) is 0 Å². The average molecular weight is 250 g/mol. The van der Waals surface area contributed by atoms with Crippen LogP contribution < -0.4 is 0 Å². The van der Waals surface area contributed by atoms with Crippen molar-refractivity contribution in [2.45, 2.75) is 82.0 Å². The normalized spacial score (nSPS) is 52.0. The molecule has 0 bridgehead atoms. The van der Waals surface area contributed by atoms with Gasteiger partial charge in [-0.1, -0.05) is 0 Å². The summed E-state index contributed by atoms with van der Waals surface area (Å²) in [6.45, 7) is 1.02. The maximum atomic E-state index is 6.15. The van der Waals surface area contributed by atoms with Crippen LogP contribution in [0.2, 0.25) is 0 Å². The molecule has 2 saturated carbocycles. The Kier molecular flexibility index (Phi) is 2.92. The van der Waals surface area contributed by atoms with Gasteiger partial charge in [0.1, 0.15) is 0 Å². The highest BCUT2D eigenvalue weighted by molar-refractivity contribution is 4.96. The van der Waals surface area contributed by atoms with Crippen molar-refractivity contribution in [1.29, 1.82) is 0 Å². The van der Waals surface area contributed by atoms with E-state index in [-0.39, 0.29) is 0 Å². The molecule has 0 amide bonds. The maximum absolute atomic E-state index is 6.15. The van der Waals surface area contributed by atoms with Gasteiger partial charge in [0.2, 0.25) is 0 Å². The van der Waals surface area contributed by atoms with Crippen LogP contribution in [0.4, 0.5) is 0 Å². The minimum absolute atomic E-state index is 0.308. The van der Waals surface area contributed by atoms with Crippen molar-refractivity contribution in [3.8, 4) is 0 Å². The molecule has 0 aromatic carbocycles. The highest BCUT2D eigenvalue weighted by atomic mass is 16.6. The molecule has 2 heterocycles. The number of ether oxygens (including phenoxy) is 2. The summed E-state index contributed by atoms with van der Waals surface area (Å²) < 4.78 is 11.8. The van der Waals surface area contributed by atoms with Crippen LogP contribution in [-0.2, 0) is 9.47 Å². The molecule has 3 atom stereocenters. The predicted octanol–water partition coefficient (Wildman–Crippen LogP) is 3.68. The molecule has 2 aliphatic carbocycles. The third kappa shape index (κ3) is 2.12. The van der Waals surface area contributed by atoms with Crippen LogP contribution in [0.25, 0.3) is 0 Å². The lowest BCUT2D eigenvalue weighted by atomic mass is 9.68. The van der Waals surface area contributed by atoms with Crippen LogP contribution in [0.1, 0.15) is 64.2 Å². The number of hydrogen-bond acceptors (Lipinski definition) is 2. The molecule has 4 aliphatic rings. The Morgan fingerprint density at radius 2 is 1.67 bits per heavy atom. The zero-order valence-electron chi connectivity index (χ0n) is 11.4. The van der Waals surface area contributed by atoms with Gasteiger partial charge in [0.05, 0.1) is 17.8 Å². The lowest BCUT2D eigenvalue weighted by molar-refractivity contribution is -0.110. The van der Waals surface area contributed by atoms with Gasteiger partial charge in [-0.2, -0.15) is 0 Å². The molecule has 0 aromatic heterocycles. The molecule has 0 radical (unpaired) electrons. The molecule has 18 heavy (non-hydrogen) atoms. The van der Waals surface area contributed by atoms with Crippen molar-refractivity contribution < 1.29 is 9.47 Å². The summed E-state index contributed by atoms with van der Waals surface area (Å²) in [4.78, 5) is 0. The van der Waals surface area contributed by atoms with E-state index in [1.807, 2.05) is 0 Å². The summed E-state index contributed by atoms with van der Waals surface area (Å²) in [6, 6.07) is 0. The lowest BCUT2D eigenvalue weighted by Gasteiger charge is -2.44. The van der Waals surface area contributed by atoms with Gasteiger partial charge in [0.25, 0.3) is 0 Å². The Labute approximate surface area is 110 Å². The van der Waals surface area contributed by atoms with Crippen LogP contribution in [0.15, 0.2) is 0 Å². The van der Waals surface area contributed by atoms with Crippen LogP contribution in [0.5, 0.6) is 0 Å². The first-order valence-corrected chi connectivity index (χ1v) is 8.14. The Hall–Kier alpha value is -0.0800. The number of hydrogen-bond donors (Lipinski definition) is 0. The molecule has 2 nitrogen and oxygen atoms in total. The van der Waals surface area contributed by atoms with E-state index in [9.17, 15) is 0 Å². The molecule has 2 heteroatoms. The van der Waals surface area contributed by atoms with Crippen LogP contribution in [0, 0.1) is 11.8 Å². The van der Waals surface area contributed by atoms with Crippen LogP contribution >= 0.6 is 0 Å². The smallest absolute Gasteiger partial charge is 0.0844 e. The van der Waals surface area contributed by atoms with Gasteiger partial charge in [-0.05, 0) is 76.0 Å². The minimum Gasteiger partial charge on any atom is -0.375 e. The van der Waals surface area contributed by atoms with E-state index in [0.717, 1.165) is 18.4 Å². The van der Waals surface area contributed by atoms with Gasteiger partial charge in [-0.15, -0.1) is 0 Å². The Bertz CT molecular complexity index is 298. The Balaban J connectivity index is 1.33. The molecule has 4 rings (SSSR count). The van der Waals surface area contributed by atoms with E-state index in [2.05, 4.69) is 0 Å². The van der Waals surface area contributed by atoms with E-state index in [1.54, 1.807) is 0 Å². The largest absolute Gasteiger partial charge is 0.375 e. The second kappa shape index (κ2) is 4.49. The first-order valence-electron chi connectivity index (χ1n) is 8.14. The van der Waals surface area contributed by atoms with Crippen molar-refractivity contribution in [3.05, 3.63) is 0 Å². The summed E-state index contributed by atoms with van der Waals surface area (Å²) >= 11 is 0. The first kappa shape index (κ1) is 11.7. The summed E-state index contributed by atoms with van der Waals surface area (Å²) in [5.74, 6) is 1.95. The monoisotopic (exact) mass is 250 g/mol. The van der Waals surface area contributed by atoms with Crippen LogP contribution in [-0.4, -0.2) is 24.4 Å². The topological polar surface area (TPSA) is 21.8 Å². The van der Waals surface area contributed by atoms with Gasteiger partial charge < -0.3 is 9.47 Å². The van der Waals surface area contributed by atoms with Crippen LogP contribution in [0.3, 0.4) is 0 Å². The fourth-order valence-electron chi connectivity index (χ4n) is 4.81. The van der Waals surface area contributed by atoms with E-state index >= 15 is 0 Å². The molecule has 4 fully saturated rings. The van der Waals surface area contributed by atoms with E-state index < -0.39 is 0 Å². The molecule has 0 N–H and O–H groups in total. The number of rotatable bonds is 1. The van der Waals surface area contributed by atoms with Crippen molar-refractivity contribution >= 4 is 0 Å². The standard InChI is InChI=1S/C16H26O2/c1-2-10-17-16(7-1)8-5-12(6-9-16)13-3-4-14-15(11-13)18-14/h12-15H,1-11H2. The van der Waals surface area contributed by atoms with E-state index in [1.165, 1.54) is 64.2 Å². The average Bonchev–Trinajstić information content (AvgIpc) is 3.19. The van der Waals surface area contributed by atoms with E-state index in [4.69, 9.17) is 9.47 Å². The summed E-state index contributed by atoms with van der Waals surface area (Å²) in [7, 11) is 0. The fourth-order valence-corrected chi connectivity index (χ4v) is 4.81. The molecule has 1 spiro atoms. The molecule has 0 aromatic rings. The highest BCUT2D eigenvalue weighted by Gasteiger charge is 2.47. The Morgan fingerprint density at radius 3 is 2.39 bits per heavy atom. The van der Waals surface area contributed by atoms with E-state index in [0.29, 0.717) is 17.8 Å². The quantitative estimate of drug-likeness (QED) is 0.662. The third-order valence-corrected chi connectivity index (χ3v) is 6.09. The van der Waals surface area contributed by atoms with Gasteiger partial charge in [0.15, 0.2) is 0 Å². The van der Waals surface area contributed by atoms with Gasteiger partial charge in [-0.3, -0.25) is 0 Å². The zero-order chi connectivity index (χ0) is 12.0.